The van der Waals surface area contributed by atoms with Gasteiger partial charge < -0.3 is 10.6 Å². The van der Waals surface area contributed by atoms with E-state index >= 15 is 0 Å². The van der Waals surface area contributed by atoms with Gasteiger partial charge in [0.2, 0.25) is 5.82 Å². The van der Waals surface area contributed by atoms with Crippen LogP contribution in [0.1, 0.15) is 23.7 Å². The highest BCUT2D eigenvalue weighted by Gasteiger charge is 2.31. The van der Waals surface area contributed by atoms with Crippen molar-refractivity contribution in [1.29, 1.82) is 0 Å². The summed E-state index contributed by atoms with van der Waals surface area (Å²) in [6.45, 7) is 2.47. The lowest BCUT2D eigenvalue weighted by atomic mass is 9.96. The van der Waals surface area contributed by atoms with Gasteiger partial charge in [0, 0.05) is 19.1 Å². The zero-order valence-electron chi connectivity index (χ0n) is 11.4. The quantitative estimate of drug-likeness (QED) is 0.664. The first-order chi connectivity index (χ1) is 9.79. The van der Waals surface area contributed by atoms with E-state index in [2.05, 4.69) is 0 Å². The molecule has 0 aliphatic carbocycles. The van der Waals surface area contributed by atoms with Crippen LogP contribution in [0.25, 0.3) is 0 Å². The summed E-state index contributed by atoms with van der Waals surface area (Å²) in [4.78, 5) is 23.2. The fourth-order valence-electron chi connectivity index (χ4n) is 2.60. The number of nitrogens with two attached hydrogens (primary N) is 1. The van der Waals surface area contributed by atoms with Crippen molar-refractivity contribution >= 4 is 11.6 Å². The highest BCUT2D eigenvalue weighted by Crippen LogP contribution is 2.25. The third kappa shape index (κ3) is 3.15. The second-order valence-electron chi connectivity index (χ2n) is 5.35. The van der Waals surface area contributed by atoms with E-state index in [1.165, 1.54) is 4.90 Å². The normalized spacial score (nSPS) is 22.2. The summed E-state index contributed by atoms with van der Waals surface area (Å²) in [5.41, 5.74) is 4.12. The Kier molecular flexibility index (Phi) is 4.17. The number of benzene rings is 1. The van der Waals surface area contributed by atoms with E-state index in [-0.39, 0.29) is 18.5 Å². The molecule has 0 aromatic heterocycles. The van der Waals surface area contributed by atoms with Gasteiger partial charge in [0.1, 0.15) is 5.82 Å². The number of likely N-dealkylation sites (tertiary alicyclic amines) is 1. The lowest BCUT2D eigenvalue weighted by Crippen LogP contribution is -2.49. The number of rotatable bonds is 2. The smallest absolute Gasteiger partial charge is 0.308 e. The monoisotopic (exact) mass is 299 g/mol. The largest absolute Gasteiger partial charge is 0.337 e. The average Bonchev–Trinajstić information content (AvgIpc) is 2.38. The topological polar surface area (TPSA) is 89.5 Å². The van der Waals surface area contributed by atoms with Gasteiger partial charge in [0.05, 0.1) is 16.6 Å². The molecule has 2 rings (SSSR count). The van der Waals surface area contributed by atoms with E-state index in [1.807, 2.05) is 6.92 Å². The van der Waals surface area contributed by atoms with Crippen LogP contribution in [0, 0.1) is 27.7 Å². The number of nitro benzene ring substituents is 1. The minimum atomic E-state index is -1.32. The summed E-state index contributed by atoms with van der Waals surface area (Å²) < 4.78 is 27.4. The van der Waals surface area contributed by atoms with E-state index in [0.29, 0.717) is 18.7 Å². The van der Waals surface area contributed by atoms with Crippen molar-refractivity contribution in [2.75, 3.05) is 13.1 Å². The molecule has 114 valence electrons. The zero-order chi connectivity index (χ0) is 15.7. The summed E-state index contributed by atoms with van der Waals surface area (Å²) in [5.74, 6) is -3.00. The summed E-state index contributed by atoms with van der Waals surface area (Å²) >= 11 is 0. The molecule has 21 heavy (non-hydrogen) atoms. The fraction of sp³-hybridized carbons (Fsp3) is 0.462. The van der Waals surface area contributed by atoms with Crippen molar-refractivity contribution in [3.05, 3.63) is 39.4 Å². The average molecular weight is 299 g/mol. The SMILES string of the molecule is CC1CC(N)CN(C(=O)c2cc(F)cc([N+](=O)[O-])c2F)C1. The van der Waals surface area contributed by atoms with Crippen LogP contribution in [-0.4, -0.2) is 34.9 Å². The predicted molar refractivity (Wildman–Crippen MR) is 70.7 cm³/mol. The summed E-state index contributed by atoms with van der Waals surface area (Å²) in [7, 11) is 0. The number of nitro groups is 1. The molecule has 0 saturated carbocycles. The number of carbonyl (C=O) groups is 1. The molecule has 1 heterocycles. The minimum Gasteiger partial charge on any atom is -0.337 e. The molecule has 0 spiro atoms. The van der Waals surface area contributed by atoms with Crippen LogP contribution in [0.3, 0.4) is 0 Å². The molecule has 1 fully saturated rings. The summed E-state index contributed by atoms with van der Waals surface area (Å²) in [6, 6.07) is 0.885. The first kappa shape index (κ1) is 15.3. The molecular formula is C13H15F2N3O3. The van der Waals surface area contributed by atoms with E-state index < -0.39 is 33.7 Å². The van der Waals surface area contributed by atoms with Crippen molar-refractivity contribution in [3.8, 4) is 0 Å². The molecule has 2 unspecified atom stereocenters. The van der Waals surface area contributed by atoms with Crippen LogP contribution in [0.2, 0.25) is 0 Å². The van der Waals surface area contributed by atoms with Crippen LogP contribution in [0.5, 0.6) is 0 Å². The van der Waals surface area contributed by atoms with Crippen molar-refractivity contribution in [2.24, 2.45) is 11.7 Å². The second kappa shape index (κ2) is 5.72. The van der Waals surface area contributed by atoms with Crippen LogP contribution in [-0.2, 0) is 0 Å². The Hall–Kier alpha value is -2.09. The van der Waals surface area contributed by atoms with Gasteiger partial charge in [-0.25, -0.2) is 4.39 Å². The molecule has 2 atom stereocenters. The van der Waals surface area contributed by atoms with Crippen molar-refractivity contribution in [2.45, 2.75) is 19.4 Å². The van der Waals surface area contributed by atoms with Crippen molar-refractivity contribution < 1.29 is 18.5 Å². The maximum absolute atomic E-state index is 14.0. The van der Waals surface area contributed by atoms with Crippen LogP contribution < -0.4 is 5.73 Å². The molecule has 1 aliphatic rings. The van der Waals surface area contributed by atoms with Gasteiger partial charge in [-0.1, -0.05) is 6.92 Å². The molecule has 0 bridgehead atoms. The fourth-order valence-corrected chi connectivity index (χ4v) is 2.60. The van der Waals surface area contributed by atoms with Crippen LogP contribution in [0.15, 0.2) is 12.1 Å². The Morgan fingerprint density at radius 1 is 1.43 bits per heavy atom. The Bertz CT molecular complexity index is 584. The minimum absolute atomic E-state index is 0.129. The summed E-state index contributed by atoms with van der Waals surface area (Å²) in [6.07, 6.45) is 0.732. The van der Waals surface area contributed by atoms with Crippen LogP contribution >= 0.6 is 0 Å². The number of amides is 1. The molecule has 1 aromatic rings. The maximum atomic E-state index is 14.0. The number of carbonyl (C=O) groups excluding carboxylic acids is 1. The lowest BCUT2D eigenvalue weighted by molar-refractivity contribution is -0.387. The molecule has 8 heteroatoms. The number of hydrogen-bond donors (Lipinski definition) is 1. The third-order valence-electron chi connectivity index (χ3n) is 3.42. The van der Waals surface area contributed by atoms with E-state index in [0.717, 1.165) is 6.42 Å². The lowest BCUT2D eigenvalue weighted by Gasteiger charge is -2.34. The van der Waals surface area contributed by atoms with E-state index in [1.54, 1.807) is 0 Å². The number of hydrogen-bond acceptors (Lipinski definition) is 4. The van der Waals surface area contributed by atoms with Gasteiger partial charge in [-0.15, -0.1) is 0 Å². The zero-order valence-corrected chi connectivity index (χ0v) is 11.4. The highest BCUT2D eigenvalue weighted by atomic mass is 19.1. The maximum Gasteiger partial charge on any atom is 0.308 e. The van der Waals surface area contributed by atoms with Gasteiger partial charge in [-0.3, -0.25) is 14.9 Å². The van der Waals surface area contributed by atoms with E-state index in [4.69, 9.17) is 5.73 Å². The molecule has 1 aromatic carbocycles. The molecule has 2 N–H and O–H groups in total. The Balaban J connectivity index is 2.37. The first-order valence-electron chi connectivity index (χ1n) is 6.48. The second-order valence-corrected chi connectivity index (χ2v) is 5.35. The number of piperidine rings is 1. The Labute approximate surface area is 119 Å². The predicted octanol–water partition coefficient (Wildman–Crippen LogP) is 1.68. The standard InChI is InChI=1S/C13H15F2N3O3/c1-7-2-9(16)6-17(5-7)13(19)10-3-8(14)4-11(12(10)15)18(20)21/h3-4,7,9H,2,5-6,16H2,1H3. The first-order valence-corrected chi connectivity index (χ1v) is 6.48. The van der Waals surface area contributed by atoms with Gasteiger partial charge in [-0.2, -0.15) is 4.39 Å². The third-order valence-corrected chi connectivity index (χ3v) is 3.42. The molecular weight excluding hydrogens is 284 g/mol. The number of halogens is 2. The highest BCUT2D eigenvalue weighted by molar-refractivity contribution is 5.95. The molecule has 0 radical (unpaired) electrons. The van der Waals surface area contributed by atoms with Crippen LogP contribution in [0.4, 0.5) is 14.5 Å². The van der Waals surface area contributed by atoms with E-state index in [9.17, 15) is 23.7 Å². The van der Waals surface area contributed by atoms with Crippen molar-refractivity contribution in [1.82, 2.24) is 4.90 Å². The van der Waals surface area contributed by atoms with Gasteiger partial charge in [0.15, 0.2) is 0 Å². The van der Waals surface area contributed by atoms with Gasteiger partial charge in [-0.05, 0) is 18.4 Å². The Morgan fingerprint density at radius 2 is 2.10 bits per heavy atom. The number of nitrogens with zero attached hydrogens (tertiary/aromatic N) is 2. The molecule has 1 amide bonds. The molecule has 1 aliphatic heterocycles. The molecule has 1 saturated heterocycles. The molecule has 6 nitrogen and oxygen atoms in total. The Morgan fingerprint density at radius 3 is 2.67 bits per heavy atom. The summed E-state index contributed by atoms with van der Waals surface area (Å²) in [5, 5.41) is 10.7. The van der Waals surface area contributed by atoms with Crippen molar-refractivity contribution in [3.63, 3.8) is 0 Å². The van der Waals surface area contributed by atoms with Gasteiger partial charge in [0.25, 0.3) is 5.91 Å². The van der Waals surface area contributed by atoms with Gasteiger partial charge >= 0.3 is 5.69 Å².